The van der Waals surface area contributed by atoms with Crippen LogP contribution in [0.2, 0.25) is 0 Å². The molecule has 0 heterocycles. The highest BCUT2D eigenvalue weighted by atomic mass is 19.2. The molecule has 3 nitrogen and oxygen atoms in total. The third-order valence-electron chi connectivity index (χ3n) is 2.56. The van der Waals surface area contributed by atoms with Crippen molar-refractivity contribution in [3.05, 3.63) is 59.2 Å². The Kier molecular flexibility index (Phi) is 3.46. The van der Waals surface area contributed by atoms with Crippen molar-refractivity contribution in [3.8, 4) is 11.5 Å². The summed E-state index contributed by atoms with van der Waals surface area (Å²) in [5.74, 6) is -2.29. The number of rotatable bonds is 3. The van der Waals surface area contributed by atoms with Gasteiger partial charge in [0.05, 0.1) is 5.56 Å². The van der Waals surface area contributed by atoms with Crippen LogP contribution < -0.4 is 10.5 Å². The lowest BCUT2D eigenvalue weighted by Gasteiger charge is -2.11. The number of nitrogen functional groups attached to an aromatic ring is 1. The number of halogens is 2. The topological polar surface area (TPSA) is 59.1 Å². The highest BCUT2D eigenvalue weighted by molar-refractivity contribution is 5.97. The molecule has 2 aromatic rings. The van der Waals surface area contributed by atoms with Gasteiger partial charge in [-0.3, -0.25) is 5.41 Å². The van der Waals surface area contributed by atoms with Crippen LogP contribution in [0.1, 0.15) is 11.1 Å². The van der Waals surface area contributed by atoms with Crippen LogP contribution in [0.25, 0.3) is 0 Å². The van der Waals surface area contributed by atoms with Crippen molar-refractivity contribution in [1.82, 2.24) is 0 Å². The Morgan fingerprint density at radius 3 is 2.58 bits per heavy atom. The quantitative estimate of drug-likeness (QED) is 0.658. The molecule has 0 spiro atoms. The predicted molar refractivity (Wildman–Crippen MR) is 68.6 cm³/mol. The van der Waals surface area contributed by atoms with Crippen LogP contribution in [0.3, 0.4) is 0 Å². The van der Waals surface area contributed by atoms with E-state index in [9.17, 15) is 8.78 Å². The molecular weight excluding hydrogens is 250 g/mol. The van der Waals surface area contributed by atoms with Gasteiger partial charge < -0.3 is 10.5 Å². The Balaban J connectivity index is 2.45. The van der Waals surface area contributed by atoms with Crippen LogP contribution in [0.15, 0.2) is 36.4 Å². The molecule has 0 aliphatic rings. The molecule has 0 unspecified atom stereocenters. The summed E-state index contributed by atoms with van der Waals surface area (Å²) < 4.78 is 32.0. The van der Waals surface area contributed by atoms with Gasteiger partial charge in [0.25, 0.3) is 0 Å². The van der Waals surface area contributed by atoms with Crippen molar-refractivity contribution in [2.24, 2.45) is 5.73 Å². The number of aryl methyl sites for hydroxylation is 1. The van der Waals surface area contributed by atoms with E-state index in [1.165, 1.54) is 12.1 Å². The summed E-state index contributed by atoms with van der Waals surface area (Å²) in [5.41, 5.74) is 6.61. The number of nitrogens with two attached hydrogens (primary N) is 1. The van der Waals surface area contributed by atoms with Crippen LogP contribution >= 0.6 is 0 Å². The van der Waals surface area contributed by atoms with Crippen LogP contribution in [0.4, 0.5) is 8.78 Å². The summed E-state index contributed by atoms with van der Waals surface area (Å²) in [7, 11) is 0. The van der Waals surface area contributed by atoms with E-state index in [4.69, 9.17) is 15.9 Å². The van der Waals surface area contributed by atoms with Gasteiger partial charge in [0.1, 0.15) is 11.6 Å². The van der Waals surface area contributed by atoms with E-state index >= 15 is 0 Å². The summed E-state index contributed by atoms with van der Waals surface area (Å²) >= 11 is 0. The Morgan fingerprint density at radius 2 is 1.89 bits per heavy atom. The van der Waals surface area contributed by atoms with Crippen LogP contribution in [-0.4, -0.2) is 5.84 Å². The van der Waals surface area contributed by atoms with Crippen molar-refractivity contribution in [2.75, 3.05) is 0 Å². The van der Waals surface area contributed by atoms with Gasteiger partial charge in [0.2, 0.25) is 5.82 Å². The van der Waals surface area contributed by atoms with E-state index in [1.54, 1.807) is 18.2 Å². The molecule has 19 heavy (non-hydrogen) atoms. The number of ether oxygens (including phenoxy) is 1. The number of amidine groups is 1. The molecule has 0 saturated carbocycles. The minimum atomic E-state index is -1.07. The van der Waals surface area contributed by atoms with Crippen molar-refractivity contribution in [2.45, 2.75) is 6.92 Å². The maximum Gasteiger partial charge on any atom is 0.201 e. The predicted octanol–water partition coefficient (Wildman–Crippen LogP) is 3.35. The molecule has 5 heteroatoms. The number of benzene rings is 2. The fourth-order valence-corrected chi connectivity index (χ4v) is 1.62. The van der Waals surface area contributed by atoms with Crippen molar-refractivity contribution >= 4 is 5.84 Å². The first kappa shape index (κ1) is 13.0. The van der Waals surface area contributed by atoms with E-state index in [-0.39, 0.29) is 17.3 Å². The van der Waals surface area contributed by atoms with E-state index in [0.29, 0.717) is 5.56 Å². The zero-order valence-electron chi connectivity index (χ0n) is 10.2. The molecule has 0 aromatic heterocycles. The molecule has 0 atom stereocenters. The Bertz CT molecular complexity index is 641. The van der Waals surface area contributed by atoms with Crippen LogP contribution in [0, 0.1) is 24.0 Å². The lowest BCUT2D eigenvalue weighted by atomic mass is 10.1. The lowest BCUT2D eigenvalue weighted by Crippen LogP contribution is -2.12. The standard InChI is InChI=1S/C14H12F2N2O/c1-8-5-6-9(14(17)18)12(7-8)19-11-4-2-3-10(15)13(11)16/h2-7H,1H3,(H3,17,18). The molecule has 0 radical (unpaired) electrons. The Labute approximate surface area is 109 Å². The van der Waals surface area contributed by atoms with Gasteiger partial charge in [-0.05, 0) is 36.8 Å². The van der Waals surface area contributed by atoms with Crippen LogP contribution in [0.5, 0.6) is 11.5 Å². The first-order valence-electron chi connectivity index (χ1n) is 5.56. The SMILES string of the molecule is Cc1ccc(C(=N)N)c(Oc2cccc(F)c2F)c1. The summed E-state index contributed by atoms with van der Waals surface area (Å²) in [6.07, 6.45) is 0. The molecule has 0 aliphatic heterocycles. The number of nitrogens with one attached hydrogen (secondary N) is 1. The normalized spacial score (nSPS) is 10.3. The van der Waals surface area contributed by atoms with E-state index in [0.717, 1.165) is 11.6 Å². The molecule has 0 saturated heterocycles. The molecular formula is C14H12F2N2O. The molecule has 0 fully saturated rings. The first-order chi connectivity index (χ1) is 8.99. The van der Waals surface area contributed by atoms with Crippen LogP contribution in [-0.2, 0) is 0 Å². The molecule has 98 valence electrons. The second-order valence-corrected chi connectivity index (χ2v) is 4.07. The molecule has 0 amide bonds. The zero-order valence-corrected chi connectivity index (χ0v) is 10.2. The summed E-state index contributed by atoms with van der Waals surface area (Å²) in [4.78, 5) is 0. The van der Waals surface area contributed by atoms with E-state index < -0.39 is 11.6 Å². The third-order valence-corrected chi connectivity index (χ3v) is 2.56. The minimum absolute atomic E-state index is 0.202. The Hall–Kier alpha value is -2.43. The van der Waals surface area contributed by atoms with Gasteiger partial charge >= 0.3 is 0 Å². The maximum atomic E-state index is 13.5. The second-order valence-electron chi connectivity index (χ2n) is 4.07. The number of hydrogen-bond acceptors (Lipinski definition) is 2. The largest absolute Gasteiger partial charge is 0.453 e. The Morgan fingerprint density at radius 1 is 1.16 bits per heavy atom. The van der Waals surface area contributed by atoms with Crippen molar-refractivity contribution < 1.29 is 13.5 Å². The number of hydrogen-bond donors (Lipinski definition) is 2. The maximum absolute atomic E-state index is 13.5. The fraction of sp³-hybridized carbons (Fsp3) is 0.0714. The third kappa shape index (κ3) is 2.70. The first-order valence-corrected chi connectivity index (χ1v) is 5.56. The molecule has 2 rings (SSSR count). The zero-order chi connectivity index (χ0) is 14.0. The van der Waals surface area contributed by atoms with Gasteiger partial charge in [-0.1, -0.05) is 12.1 Å². The van der Waals surface area contributed by atoms with Gasteiger partial charge in [-0.15, -0.1) is 0 Å². The second kappa shape index (κ2) is 5.06. The lowest BCUT2D eigenvalue weighted by molar-refractivity contribution is 0.415. The van der Waals surface area contributed by atoms with Crippen molar-refractivity contribution in [1.29, 1.82) is 5.41 Å². The summed E-state index contributed by atoms with van der Waals surface area (Å²) in [6.45, 7) is 1.82. The van der Waals surface area contributed by atoms with Gasteiger partial charge in [0.15, 0.2) is 11.6 Å². The monoisotopic (exact) mass is 262 g/mol. The highest BCUT2D eigenvalue weighted by Gasteiger charge is 2.13. The molecule has 0 aliphatic carbocycles. The summed E-state index contributed by atoms with van der Waals surface area (Å²) in [6, 6.07) is 8.63. The van der Waals surface area contributed by atoms with Gasteiger partial charge in [-0.2, -0.15) is 4.39 Å². The van der Waals surface area contributed by atoms with Gasteiger partial charge in [0, 0.05) is 0 Å². The average Bonchev–Trinajstić information content (AvgIpc) is 2.35. The molecule has 0 bridgehead atoms. The minimum Gasteiger partial charge on any atom is -0.453 e. The van der Waals surface area contributed by atoms with Gasteiger partial charge in [-0.25, -0.2) is 4.39 Å². The smallest absolute Gasteiger partial charge is 0.201 e. The molecule has 2 aromatic carbocycles. The van der Waals surface area contributed by atoms with E-state index in [2.05, 4.69) is 0 Å². The molecule has 3 N–H and O–H groups in total. The fourth-order valence-electron chi connectivity index (χ4n) is 1.62. The van der Waals surface area contributed by atoms with E-state index in [1.807, 2.05) is 6.92 Å². The average molecular weight is 262 g/mol. The van der Waals surface area contributed by atoms with Crippen molar-refractivity contribution in [3.63, 3.8) is 0 Å². The summed E-state index contributed by atoms with van der Waals surface area (Å²) in [5, 5.41) is 7.44. The highest BCUT2D eigenvalue weighted by Crippen LogP contribution is 2.29.